The second-order valence-corrected chi connectivity index (χ2v) is 5.32. The first-order valence-corrected chi connectivity index (χ1v) is 7.16. The van der Waals surface area contributed by atoms with Crippen LogP contribution in [0.4, 0.5) is 0 Å². The molecule has 21 heavy (non-hydrogen) atoms. The summed E-state index contributed by atoms with van der Waals surface area (Å²) < 4.78 is 7.09. The molecule has 2 aromatic rings. The van der Waals surface area contributed by atoms with Gasteiger partial charge in [-0.15, -0.1) is 0 Å². The van der Waals surface area contributed by atoms with Crippen molar-refractivity contribution in [3.63, 3.8) is 0 Å². The molecule has 110 valence electrons. The van der Waals surface area contributed by atoms with Crippen molar-refractivity contribution in [1.82, 2.24) is 14.7 Å². The molecule has 1 aliphatic heterocycles. The van der Waals surface area contributed by atoms with Crippen LogP contribution in [0.1, 0.15) is 21.7 Å². The number of benzene rings is 1. The van der Waals surface area contributed by atoms with Gasteiger partial charge in [0.25, 0.3) is 5.91 Å². The Hall–Kier alpha value is -2.14. The van der Waals surface area contributed by atoms with Crippen LogP contribution in [0, 0.1) is 13.8 Å². The van der Waals surface area contributed by atoms with Crippen LogP contribution in [-0.2, 0) is 4.74 Å². The zero-order valence-corrected chi connectivity index (χ0v) is 12.4. The first-order valence-electron chi connectivity index (χ1n) is 7.16. The third kappa shape index (κ3) is 2.83. The van der Waals surface area contributed by atoms with Crippen molar-refractivity contribution in [2.75, 3.05) is 26.3 Å². The van der Waals surface area contributed by atoms with Gasteiger partial charge in [0, 0.05) is 18.8 Å². The van der Waals surface area contributed by atoms with E-state index in [0.29, 0.717) is 32.0 Å². The van der Waals surface area contributed by atoms with Crippen LogP contribution in [0.5, 0.6) is 0 Å². The van der Waals surface area contributed by atoms with Gasteiger partial charge in [-0.3, -0.25) is 4.79 Å². The van der Waals surface area contributed by atoms with E-state index in [2.05, 4.69) is 5.10 Å². The zero-order valence-electron chi connectivity index (χ0n) is 12.4. The van der Waals surface area contributed by atoms with Crippen molar-refractivity contribution in [2.24, 2.45) is 0 Å². The molecule has 0 N–H and O–H groups in total. The van der Waals surface area contributed by atoms with Gasteiger partial charge in [0.05, 0.1) is 18.9 Å². The van der Waals surface area contributed by atoms with Gasteiger partial charge in [-0.25, -0.2) is 4.68 Å². The Labute approximate surface area is 124 Å². The van der Waals surface area contributed by atoms with Crippen LogP contribution in [0.15, 0.2) is 30.3 Å². The minimum absolute atomic E-state index is 0.0211. The molecule has 0 radical (unpaired) electrons. The minimum Gasteiger partial charge on any atom is -0.378 e. The summed E-state index contributed by atoms with van der Waals surface area (Å²) >= 11 is 0. The fourth-order valence-electron chi connectivity index (χ4n) is 2.45. The fourth-order valence-corrected chi connectivity index (χ4v) is 2.45. The van der Waals surface area contributed by atoms with E-state index in [9.17, 15) is 4.79 Å². The van der Waals surface area contributed by atoms with Gasteiger partial charge in [-0.05, 0) is 32.0 Å². The molecule has 1 aromatic heterocycles. The molecule has 0 saturated carbocycles. The lowest BCUT2D eigenvalue weighted by molar-refractivity contribution is 0.0298. The van der Waals surface area contributed by atoms with Gasteiger partial charge in [0.1, 0.15) is 0 Å². The van der Waals surface area contributed by atoms with E-state index in [1.54, 1.807) is 4.90 Å². The lowest BCUT2D eigenvalue weighted by atomic mass is 10.2. The first-order chi connectivity index (χ1) is 10.1. The number of amides is 1. The SMILES string of the molecule is Cc1ccc(-n2nc(C(=O)N3CCOCC3)cc2C)cc1. The van der Waals surface area contributed by atoms with E-state index in [0.717, 1.165) is 11.4 Å². The molecule has 1 amide bonds. The summed E-state index contributed by atoms with van der Waals surface area (Å²) in [7, 11) is 0. The summed E-state index contributed by atoms with van der Waals surface area (Å²) in [5.74, 6) is -0.0211. The molecular weight excluding hydrogens is 266 g/mol. The highest BCUT2D eigenvalue weighted by atomic mass is 16.5. The fraction of sp³-hybridized carbons (Fsp3) is 0.375. The maximum Gasteiger partial charge on any atom is 0.274 e. The van der Waals surface area contributed by atoms with Crippen LogP contribution in [-0.4, -0.2) is 46.9 Å². The molecule has 0 bridgehead atoms. The summed E-state index contributed by atoms with van der Waals surface area (Å²) in [6.45, 7) is 6.48. The number of aromatic nitrogens is 2. The van der Waals surface area contributed by atoms with E-state index >= 15 is 0 Å². The van der Waals surface area contributed by atoms with Crippen molar-refractivity contribution in [1.29, 1.82) is 0 Å². The van der Waals surface area contributed by atoms with E-state index < -0.39 is 0 Å². The molecule has 1 aliphatic rings. The van der Waals surface area contributed by atoms with Gasteiger partial charge in [0.2, 0.25) is 0 Å². The molecule has 0 unspecified atom stereocenters. The van der Waals surface area contributed by atoms with Crippen LogP contribution in [0.3, 0.4) is 0 Å². The van der Waals surface area contributed by atoms with Gasteiger partial charge < -0.3 is 9.64 Å². The zero-order chi connectivity index (χ0) is 14.8. The molecule has 5 nitrogen and oxygen atoms in total. The van der Waals surface area contributed by atoms with Crippen molar-refractivity contribution in [2.45, 2.75) is 13.8 Å². The molecule has 0 aliphatic carbocycles. The van der Waals surface area contributed by atoms with E-state index in [1.807, 2.05) is 48.9 Å². The maximum atomic E-state index is 12.4. The number of rotatable bonds is 2. The van der Waals surface area contributed by atoms with Crippen LogP contribution >= 0.6 is 0 Å². The van der Waals surface area contributed by atoms with Crippen molar-refractivity contribution < 1.29 is 9.53 Å². The smallest absolute Gasteiger partial charge is 0.274 e. The highest BCUT2D eigenvalue weighted by Gasteiger charge is 2.21. The van der Waals surface area contributed by atoms with E-state index in [1.165, 1.54) is 5.56 Å². The Bertz CT molecular complexity index is 640. The lowest BCUT2D eigenvalue weighted by Crippen LogP contribution is -2.40. The van der Waals surface area contributed by atoms with Gasteiger partial charge >= 0.3 is 0 Å². The van der Waals surface area contributed by atoms with Gasteiger partial charge in [0.15, 0.2) is 5.69 Å². The summed E-state index contributed by atoms with van der Waals surface area (Å²) in [6.07, 6.45) is 0. The topological polar surface area (TPSA) is 47.4 Å². The van der Waals surface area contributed by atoms with Crippen LogP contribution < -0.4 is 0 Å². The largest absolute Gasteiger partial charge is 0.378 e. The molecule has 3 rings (SSSR count). The van der Waals surface area contributed by atoms with Crippen LogP contribution in [0.25, 0.3) is 5.69 Å². The molecule has 1 fully saturated rings. The van der Waals surface area contributed by atoms with Crippen LogP contribution in [0.2, 0.25) is 0 Å². The number of carbonyl (C=O) groups excluding carboxylic acids is 1. The number of carbonyl (C=O) groups is 1. The molecule has 0 atom stereocenters. The third-order valence-electron chi connectivity index (χ3n) is 3.68. The maximum absolute atomic E-state index is 12.4. The minimum atomic E-state index is -0.0211. The van der Waals surface area contributed by atoms with E-state index in [-0.39, 0.29) is 5.91 Å². The molecular formula is C16H19N3O2. The Morgan fingerprint density at radius 1 is 1.14 bits per heavy atom. The number of hydrogen-bond donors (Lipinski definition) is 0. The summed E-state index contributed by atoms with van der Waals surface area (Å²) in [6, 6.07) is 9.95. The molecule has 2 heterocycles. The monoisotopic (exact) mass is 285 g/mol. The van der Waals surface area contributed by atoms with Crippen molar-refractivity contribution >= 4 is 5.91 Å². The predicted molar refractivity (Wildman–Crippen MR) is 79.8 cm³/mol. The summed E-state index contributed by atoms with van der Waals surface area (Å²) in [5, 5.41) is 4.47. The van der Waals surface area contributed by atoms with E-state index in [4.69, 9.17) is 4.74 Å². The standard InChI is InChI=1S/C16H19N3O2/c1-12-3-5-14(6-4-12)19-13(2)11-15(17-19)16(20)18-7-9-21-10-8-18/h3-6,11H,7-10H2,1-2H3. The van der Waals surface area contributed by atoms with Crippen molar-refractivity contribution in [3.8, 4) is 5.69 Å². The lowest BCUT2D eigenvalue weighted by Gasteiger charge is -2.25. The highest BCUT2D eigenvalue weighted by Crippen LogP contribution is 2.14. The highest BCUT2D eigenvalue weighted by molar-refractivity contribution is 5.92. The normalized spacial score (nSPS) is 15.2. The Morgan fingerprint density at radius 2 is 1.81 bits per heavy atom. The summed E-state index contributed by atoms with van der Waals surface area (Å²) in [4.78, 5) is 14.2. The second-order valence-electron chi connectivity index (χ2n) is 5.32. The third-order valence-corrected chi connectivity index (χ3v) is 3.68. The number of ether oxygens (including phenoxy) is 1. The quantitative estimate of drug-likeness (QED) is 0.847. The molecule has 1 saturated heterocycles. The van der Waals surface area contributed by atoms with Gasteiger partial charge in [-0.1, -0.05) is 17.7 Å². The van der Waals surface area contributed by atoms with Crippen molar-refractivity contribution in [3.05, 3.63) is 47.3 Å². The summed E-state index contributed by atoms with van der Waals surface area (Å²) in [5.41, 5.74) is 3.62. The Balaban J connectivity index is 1.86. The Kier molecular flexibility index (Phi) is 3.75. The second kappa shape index (κ2) is 5.69. The molecule has 0 spiro atoms. The number of hydrogen-bond acceptors (Lipinski definition) is 3. The predicted octanol–water partition coefficient (Wildman–Crippen LogP) is 1.96. The first kappa shape index (κ1) is 13.8. The molecule has 1 aromatic carbocycles. The van der Waals surface area contributed by atoms with Gasteiger partial charge in [-0.2, -0.15) is 5.10 Å². The number of nitrogens with zero attached hydrogens (tertiary/aromatic N) is 3. The Morgan fingerprint density at radius 3 is 2.48 bits per heavy atom. The number of morpholine rings is 1. The molecule has 5 heteroatoms. The number of aryl methyl sites for hydroxylation is 2. The average molecular weight is 285 g/mol. The average Bonchev–Trinajstić information content (AvgIpc) is 2.90.